The Balaban J connectivity index is 0.000000153. The van der Waals surface area contributed by atoms with Crippen molar-refractivity contribution in [2.24, 2.45) is 9.98 Å². The Hall–Kier alpha value is -5.04. The van der Waals surface area contributed by atoms with E-state index in [-0.39, 0.29) is 85.6 Å². The first-order valence-corrected chi connectivity index (χ1v) is 38.2. The molecule has 0 spiro atoms. The fraction of sp³-hybridized carbons (Fsp3) is 0.325. The number of hydrogen-bond donors (Lipinski definition) is 0. The van der Waals surface area contributed by atoms with Crippen molar-refractivity contribution >= 4 is 83.1 Å². The molecule has 4 aliphatic heterocycles. The average Bonchev–Trinajstić information content (AvgIpc) is 1.53. The van der Waals surface area contributed by atoms with E-state index >= 15 is 0 Å². The molecule has 0 fully saturated rings. The van der Waals surface area contributed by atoms with Gasteiger partial charge in [-0.05, 0) is 101 Å². The number of halogens is 2. The van der Waals surface area contributed by atoms with E-state index in [9.17, 15) is 10.2 Å². The van der Waals surface area contributed by atoms with Crippen molar-refractivity contribution in [3.05, 3.63) is 245 Å². The van der Waals surface area contributed by atoms with Gasteiger partial charge in [-0.25, -0.2) is 0 Å². The van der Waals surface area contributed by atoms with E-state index in [0.29, 0.717) is 10.0 Å². The van der Waals surface area contributed by atoms with Crippen LogP contribution in [0.3, 0.4) is 0 Å². The van der Waals surface area contributed by atoms with Crippen LogP contribution in [0, 0.1) is 13.8 Å². The summed E-state index contributed by atoms with van der Waals surface area (Å²) in [5.41, 5.74) is 16.6. The first kappa shape index (κ1) is 72.4. The quantitative estimate of drug-likeness (QED) is 0.131. The molecule has 14 rings (SSSR count). The molecule has 90 heavy (non-hydrogen) atoms. The number of fused-ring (bicyclic) bond motifs is 4. The van der Waals surface area contributed by atoms with Gasteiger partial charge in [0.05, 0.1) is 11.4 Å². The second-order valence-corrected chi connectivity index (χ2v) is 38.8. The predicted molar refractivity (Wildman–Crippen MR) is 385 cm³/mol. The molecule has 6 aliphatic rings. The van der Waals surface area contributed by atoms with Crippen LogP contribution in [-0.4, -0.2) is 27.6 Å². The molecule has 0 aromatic heterocycles. The van der Waals surface area contributed by atoms with Crippen molar-refractivity contribution in [1.29, 1.82) is 0 Å². The van der Waals surface area contributed by atoms with Gasteiger partial charge in [-0.2, -0.15) is 12.1 Å². The molecule has 10 heteroatoms. The van der Waals surface area contributed by atoms with Gasteiger partial charge in [0.1, 0.15) is 16.1 Å². The molecule has 0 saturated carbocycles. The largest absolute Gasteiger partial charge is 4.00 e. The molecule has 4 nitrogen and oxygen atoms in total. The molecule has 2 aliphatic carbocycles. The Morgan fingerprint density at radius 3 is 1.32 bits per heavy atom. The first-order chi connectivity index (χ1) is 41.1. The summed E-state index contributed by atoms with van der Waals surface area (Å²) >= 11 is 12.8. The number of nitrogens with zero attached hydrogens (tertiary/aromatic N) is 2. The minimum atomic E-state index is -1.19. The van der Waals surface area contributed by atoms with Crippen LogP contribution in [0.1, 0.15) is 143 Å². The third-order valence-corrected chi connectivity index (χ3v) is 25.7. The summed E-state index contributed by atoms with van der Waals surface area (Å²) in [5, 5.41) is 39.7. The maximum absolute atomic E-state index is 11.9. The number of aryl methyl sites for hydroxylation is 2. The van der Waals surface area contributed by atoms with E-state index in [1.807, 2.05) is 53.7 Å². The summed E-state index contributed by atoms with van der Waals surface area (Å²) in [6.45, 7) is 43.2. The van der Waals surface area contributed by atoms with Gasteiger partial charge in [-0.1, -0.05) is 274 Å². The summed E-state index contributed by atoms with van der Waals surface area (Å²) in [4.78, 5) is 9.35. The fourth-order valence-electron chi connectivity index (χ4n) is 13.4. The van der Waals surface area contributed by atoms with Gasteiger partial charge in [-0.15, -0.1) is 74.5 Å². The van der Waals surface area contributed by atoms with Crippen molar-refractivity contribution < 1.29 is 62.6 Å². The average molecular weight is 1420 g/mol. The van der Waals surface area contributed by atoms with Gasteiger partial charge >= 0.3 is 52.4 Å². The molecule has 0 atom stereocenters. The summed E-state index contributed by atoms with van der Waals surface area (Å²) < 4.78 is 0. The van der Waals surface area contributed by atoms with E-state index in [1.54, 1.807) is 32.9 Å². The van der Waals surface area contributed by atoms with Crippen LogP contribution in [0.4, 0.5) is 0 Å². The molecular formula is C80H90Cl2N2O2Si2Zr2+2. The Labute approximate surface area is 588 Å². The van der Waals surface area contributed by atoms with Gasteiger partial charge in [0.15, 0.2) is 0 Å². The van der Waals surface area contributed by atoms with Crippen LogP contribution in [0.2, 0.25) is 36.2 Å². The SMILES string of the molecule is CC(C)(C)c1ccc([O-])c(C(C)(C)C)c1Cl.CC(C)(C)c1ccc([O-])c(C(C)(C)C)c1Cl.CCC1=NC2=CC=C3C2=C1[Si]3(C)C.CCC1=NC2=CC=C3C2=C1[Si]3(C)C.Cc1cc2c(-c3ccccc3)cccc2[cH-]1.Cc1cc2c(ccc3ccccc32)[cH-]1.[Zr+2].[Zr+4]. The van der Waals surface area contributed by atoms with Crippen LogP contribution in [-0.2, 0) is 74.1 Å². The van der Waals surface area contributed by atoms with Crippen LogP contribution in [0.15, 0.2) is 211 Å². The van der Waals surface area contributed by atoms with Crippen molar-refractivity contribution in [3.63, 3.8) is 0 Å². The van der Waals surface area contributed by atoms with Crippen LogP contribution in [0.5, 0.6) is 11.5 Å². The second kappa shape index (κ2) is 27.5. The minimum Gasteiger partial charge on any atom is -0.872 e. The molecule has 8 aromatic carbocycles. The van der Waals surface area contributed by atoms with E-state index in [1.165, 1.54) is 88.5 Å². The normalized spacial score (nSPS) is 15.9. The number of benzene rings is 6. The molecule has 0 amide bonds. The summed E-state index contributed by atoms with van der Waals surface area (Å²) in [6.07, 6.45) is 11.1. The van der Waals surface area contributed by atoms with Gasteiger partial charge in [-0.3, -0.25) is 9.98 Å². The molecule has 4 heterocycles. The molecular weight excluding hydrogens is 1330 g/mol. The third-order valence-electron chi connectivity index (χ3n) is 17.8. The van der Waals surface area contributed by atoms with Crippen molar-refractivity contribution in [2.75, 3.05) is 0 Å². The molecule has 0 radical (unpaired) electrons. The number of aliphatic imine (C=N–C) groups is 2. The topological polar surface area (TPSA) is 70.8 Å². The summed E-state index contributed by atoms with van der Waals surface area (Å²) in [6, 6.07) is 45.9. The second-order valence-electron chi connectivity index (χ2n) is 29.5. The summed E-state index contributed by atoms with van der Waals surface area (Å²) in [5.74, 6) is 0.0657. The van der Waals surface area contributed by atoms with Gasteiger partial charge in [0.25, 0.3) is 0 Å². The molecule has 0 unspecified atom stereocenters. The van der Waals surface area contributed by atoms with Gasteiger partial charge in [0, 0.05) is 32.6 Å². The first-order valence-electron chi connectivity index (χ1n) is 31.4. The van der Waals surface area contributed by atoms with Crippen molar-refractivity contribution in [2.45, 2.75) is 171 Å². The zero-order valence-electron chi connectivity index (χ0n) is 56.9. The van der Waals surface area contributed by atoms with Gasteiger partial charge < -0.3 is 10.2 Å². The zero-order valence-corrected chi connectivity index (χ0v) is 65.3. The molecule has 0 N–H and O–H groups in total. The maximum Gasteiger partial charge on any atom is 4.00 e. The minimum absolute atomic E-state index is 0. The third kappa shape index (κ3) is 14.4. The van der Waals surface area contributed by atoms with Crippen LogP contribution >= 0.6 is 23.2 Å². The molecule has 0 saturated heterocycles. The molecule has 0 bridgehead atoms. The fourth-order valence-corrected chi connectivity index (χ4v) is 21.5. The van der Waals surface area contributed by atoms with E-state index < -0.39 is 16.1 Å². The zero-order chi connectivity index (χ0) is 64.4. The Bertz CT molecular complexity index is 4160. The Kier molecular flexibility index (Phi) is 22.1. The van der Waals surface area contributed by atoms with Crippen LogP contribution < -0.4 is 10.2 Å². The Morgan fingerprint density at radius 1 is 0.467 bits per heavy atom. The van der Waals surface area contributed by atoms with Crippen LogP contribution in [0.25, 0.3) is 43.4 Å². The predicted octanol–water partition coefficient (Wildman–Crippen LogP) is 22.1. The molecule has 460 valence electrons. The van der Waals surface area contributed by atoms with E-state index in [4.69, 9.17) is 23.2 Å². The monoisotopic (exact) mass is 1420 g/mol. The number of rotatable bonds is 3. The molecule has 8 aromatic rings. The number of hydrogen-bond acceptors (Lipinski definition) is 4. The standard InChI is InChI=1S/C16H13.2C14H21ClO.C14H11.2C11H13NSi.2Zr/c1-12-10-14-8-5-9-15(16(14)11-12)13-6-3-2-4-7-13;2*1-13(2,3)9-7-8-10(16)11(12(9)15)14(4,5)6;1-10-8-12-7-6-11-4-2-3-5-13(11)14(12)9-10;2*1-4-7-11-10-8(12-7)5-6-9(10)13(11,2)3;;/h2-11H,1H3;2*7-8,16H,1-6H3;2-9H,1H3;2*5-6H,4H2,1-3H3;;/q-1;;;-1;;;+2;+4/p-2. The smallest absolute Gasteiger partial charge is 0.872 e. The van der Waals surface area contributed by atoms with Crippen molar-refractivity contribution in [1.82, 2.24) is 0 Å². The van der Waals surface area contributed by atoms with Gasteiger partial charge in [0.2, 0.25) is 0 Å². The summed E-state index contributed by atoms with van der Waals surface area (Å²) in [7, 11) is -2.39. The number of allylic oxidation sites excluding steroid dienone is 8. The van der Waals surface area contributed by atoms with Crippen molar-refractivity contribution in [3.8, 4) is 22.6 Å². The Morgan fingerprint density at radius 2 is 0.889 bits per heavy atom. The van der Waals surface area contributed by atoms with E-state index in [2.05, 4.69) is 239 Å². The van der Waals surface area contributed by atoms with E-state index in [0.717, 1.165) is 35.1 Å². The maximum atomic E-state index is 11.9.